The number of fused-ring (bicyclic) bond motifs is 1. The van der Waals surface area contributed by atoms with Crippen LogP contribution in [0.3, 0.4) is 0 Å². The number of para-hydroxylation sites is 1. The van der Waals surface area contributed by atoms with Crippen LogP contribution in [0.5, 0.6) is 0 Å². The number of rotatable bonds is 4. The SMILES string of the molecule is CC(C)C(=O)Nc1ccc(Nc2cccc3cccnc23)nc1. The molecule has 3 aromatic rings. The molecule has 0 fully saturated rings. The van der Waals surface area contributed by atoms with Crippen molar-refractivity contribution in [2.75, 3.05) is 10.6 Å². The Morgan fingerprint density at radius 2 is 1.87 bits per heavy atom. The molecule has 0 unspecified atom stereocenters. The number of anilines is 3. The number of benzene rings is 1. The summed E-state index contributed by atoms with van der Waals surface area (Å²) >= 11 is 0. The van der Waals surface area contributed by atoms with Gasteiger partial charge in [-0.05, 0) is 24.3 Å². The van der Waals surface area contributed by atoms with Crippen LogP contribution in [0.2, 0.25) is 0 Å². The lowest BCUT2D eigenvalue weighted by Crippen LogP contribution is -2.17. The molecule has 1 aromatic carbocycles. The highest BCUT2D eigenvalue weighted by atomic mass is 16.1. The molecule has 0 radical (unpaired) electrons. The van der Waals surface area contributed by atoms with E-state index in [1.54, 1.807) is 12.4 Å². The zero-order valence-electron chi connectivity index (χ0n) is 13.1. The topological polar surface area (TPSA) is 66.9 Å². The van der Waals surface area contributed by atoms with Gasteiger partial charge in [-0.2, -0.15) is 0 Å². The Morgan fingerprint density at radius 3 is 2.61 bits per heavy atom. The molecule has 23 heavy (non-hydrogen) atoms. The number of pyridine rings is 2. The van der Waals surface area contributed by atoms with Gasteiger partial charge in [-0.15, -0.1) is 0 Å². The van der Waals surface area contributed by atoms with Crippen LogP contribution < -0.4 is 10.6 Å². The first-order valence-electron chi connectivity index (χ1n) is 7.51. The molecule has 0 atom stereocenters. The number of carbonyl (C=O) groups excluding carboxylic acids is 1. The van der Waals surface area contributed by atoms with Crippen LogP contribution in [0.15, 0.2) is 54.9 Å². The van der Waals surface area contributed by atoms with Crippen LogP contribution in [-0.4, -0.2) is 15.9 Å². The molecule has 3 rings (SSSR count). The summed E-state index contributed by atoms with van der Waals surface area (Å²) in [4.78, 5) is 20.4. The molecule has 2 N–H and O–H groups in total. The van der Waals surface area contributed by atoms with Gasteiger partial charge in [-0.1, -0.05) is 32.0 Å². The molecule has 0 spiro atoms. The van der Waals surface area contributed by atoms with Gasteiger partial charge in [0.25, 0.3) is 0 Å². The van der Waals surface area contributed by atoms with E-state index in [-0.39, 0.29) is 11.8 Å². The molecule has 0 aliphatic heterocycles. The van der Waals surface area contributed by atoms with Crippen molar-refractivity contribution < 1.29 is 4.79 Å². The predicted molar refractivity (Wildman–Crippen MR) is 92.7 cm³/mol. The Kier molecular flexibility index (Phi) is 4.19. The van der Waals surface area contributed by atoms with Gasteiger partial charge in [0.1, 0.15) is 5.82 Å². The number of hydrogen-bond acceptors (Lipinski definition) is 4. The Balaban J connectivity index is 1.79. The third-order valence-electron chi connectivity index (χ3n) is 3.45. The van der Waals surface area contributed by atoms with E-state index >= 15 is 0 Å². The van der Waals surface area contributed by atoms with Crippen LogP contribution in [0.25, 0.3) is 10.9 Å². The third kappa shape index (κ3) is 3.45. The number of carbonyl (C=O) groups is 1. The summed E-state index contributed by atoms with van der Waals surface area (Å²) in [6.07, 6.45) is 3.41. The predicted octanol–water partition coefficient (Wildman–Crippen LogP) is 3.97. The van der Waals surface area contributed by atoms with Crippen molar-refractivity contribution in [2.24, 2.45) is 5.92 Å². The van der Waals surface area contributed by atoms with Crippen molar-refractivity contribution in [2.45, 2.75) is 13.8 Å². The van der Waals surface area contributed by atoms with Crippen LogP contribution in [-0.2, 0) is 4.79 Å². The van der Waals surface area contributed by atoms with Crippen LogP contribution in [0, 0.1) is 5.92 Å². The molecule has 2 heterocycles. The number of aromatic nitrogens is 2. The number of amides is 1. The van der Waals surface area contributed by atoms with E-state index in [9.17, 15) is 4.79 Å². The van der Waals surface area contributed by atoms with E-state index in [2.05, 4.69) is 20.6 Å². The first kappa shape index (κ1) is 15.0. The summed E-state index contributed by atoms with van der Waals surface area (Å²) in [5.74, 6) is 0.617. The van der Waals surface area contributed by atoms with Gasteiger partial charge < -0.3 is 10.6 Å². The maximum absolute atomic E-state index is 11.7. The lowest BCUT2D eigenvalue weighted by molar-refractivity contribution is -0.118. The van der Waals surface area contributed by atoms with E-state index in [0.29, 0.717) is 11.5 Å². The highest BCUT2D eigenvalue weighted by Gasteiger charge is 2.07. The minimum atomic E-state index is -0.0606. The first-order chi connectivity index (χ1) is 11.1. The lowest BCUT2D eigenvalue weighted by Gasteiger charge is -2.10. The van der Waals surface area contributed by atoms with Gasteiger partial charge in [0.05, 0.1) is 23.1 Å². The Hall–Kier alpha value is -2.95. The minimum Gasteiger partial charge on any atom is -0.338 e. The Morgan fingerprint density at radius 1 is 1.04 bits per heavy atom. The molecule has 0 aliphatic carbocycles. The van der Waals surface area contributed by atoms with E-state index in [0.717, 1.165) is 16.6 Å². The monoisotopic (exact) mass is 306 g/mol. The summed E-state index contributed by atoms with van der Waals surface area (Å²) < 4.78 is 0. The van der Waals surface area contributed by atoms with Crippen molar-refractivity contribution in [3.63, 3.8) is 0 Å². The van der Waals surface area contributed by atoms with Gasteiger partial charge in [-0.3, -0.25) is 9.78 Å². The minimum absolute atomic E-state index is 0.0224. The maximum atomic E-state index is 11.7. The fourth-order valence-corrected chi connectivity index (χ4v) is 2.17. The molecule has 2 aromatic heterocycles. The molecular weight excluding hydrogens is 288 g/mol. The standard InChI is InChI=1S/C18H18N4O/c1-12(2)18(23)21-14-8-9-16(20-11-14)22-15-7-3-5-13-6-4-10-19-17(13)15/h3-12H,1-2H3,(H,20,22)(H,21,23). The summed E-state index contributed by atoms with van der Waals surface area (Å²) in [7, 11) is 0. The number of nitrogens with zero attached hydrogens (tertiary/aromatic N) is 2. The van der Waals surface area contributed by atoms with Crippen LogP contribution in [0.1, 0.15) is 13.8 Å². The van der Waals surface area contributed by atoms with Crippen LogP contribution >= 0.6 is 0 Å². The summed E-state index contributed by atoms with van der Waals surface area (Å²) in [5.41, 5.74) is 2.48. The maximum Gasteiger partial charge on any atom is 0.226 e. The average Bonchev–Trinajstić information content (AvgIpc) is 2.57. The first-order valence-corrected chi connectivity index (χ1v) is 7.51. The zero-order chi connectivity index (χ0) is 16.2. The molecule has 0 bridgehead atoms. The smallest absolute Gasteiger partial charge is 0.226 e. The van der Waals surface area contributed by atoms with Crippen molar-refractivity contribution in [1.82, 2.24) is 9.97 Å². The van der Waals surface area contributed by atoms with Gasteiger partial charge in [0.2, 0.25) is 5.91 Å². The van der Waals surface area contributed by atoms with Crippen molar-refractivity contribution in [3.8, 4) is 0 Å². The number of hydrogen-bond donors (Lipinski definition) is 2. The second kappa shape index (κ2) is 6.44. The van der Waals surface area contributed by atoms with Gasteiger partial charge in [0.15, 0.2) is 0 Å². The molecule has 0 saturated carbocycles. The summed E-state index contributed by atoms with van der Waals surface area (Å²) in [6.45, 7) is 3.71. The summed E-state index contributed by atoms with van der Waals surface area (Å²) in [5, 5.41) is 7.15. The molecule has 5 nitrogen and oxygen atoms in total. The average molecular weight is 306 g/mol. The van der Waals surface area contributed by atoms with E-state index in [4.69, 9.17) is 0 Å². The second-order valence-electron chi connectivity index (χ2n) is 5.58. The quantitative estimate of drug-likeness (QED) is 0.765. The van der Waals surface area contributed by atoms with E-state index in [1.165, 1.54) is 0 Å². The van der Waals surface area contributed by atoms with E-state index in [1.807, 2.05) is 56.3 Å². The second-order valence-corrected chi connectivity index (χ2v) is 5.58. The van der Waals surface area contributed by atoms with Crippen molar-refractivity contribution in [1.29, 1.82) is 0 Å². The Bertz CT molecular complexity index is 823. The van der Waals surface area contributed by atoms with Crippen LogP contribution in [0.4, 0.5) is 17.2 Å². The Labute approximate surface area is 134 Å². The number of nitrogens with one attached hydrogen (secondary N) is 2. The molecule has 1 amide bonds. The van der Waals surface area contributed by atoms with E-state index < -0.39 is 0 Å². The molecular formula is C18H18N4O. The summed E-state index contributed by atoms with van der Waals surface area (Å²) in [6, 6.07) is 13.6. The van der Waals surface area contributed by atoms with Crippen molar-refractivity contribution >= 4 is 34.0 Å². The molecule has 0 saturated heterocycles. The normalized spacial score (nSPS) is 10.7. The lowest BCUT2D eigenvalue weighted by atomic mass is 10.2. The van der Waals surface area contributed by atoms with Gasteiger partial charge in [0, 0.05) is 17.5 Å². The highest BCUT2D eigenvalue weighted by Crippen LogP contribution is 2.24. The fraction of sp³-hybridized carbons (Fsp3) is 0.167. The van der Waals surface area contributed by atoms with Crippen molar-refractivity contribution in [3.05, 3.63) is 54.9 Å². The zero-order valence-corrected chi connectivity index (χ0v) is 13.1. The fourth-order valence-electron chi connectivity index (χ4n) is 2.17. The molecule has 5 heteroatoms. The van der Waals surface area contributed by atoms with Gasteiger partial charge in [-0.25, -0.2) is 4.98 Å². The largest absolute Gasteiger partial charge is 0.338 e. The third-order valence-corrected chi connectivity index (χ3v) is 3.45. The highest BCUT2D eigenvalue weighted by molar-refractivity contribution is 5.93. The molecule has 116 valence electrons. The molecule has 0 aliphatic rings. The van der Waals surface area contributed by atoms with Gasteiger partial charge >= 0.3 is 0 Å².